The number of nitrogens with zero attached hydrogens (tertiary/aromatic N) is 4. The minimum absolute atomic E-state index is 0.00697. The summed E-state index contributed by atoms with van der Waals surface area (Å²) in [6, 6.07) is 1.78. The molecule has 1 unspecified atom stereocenters. The second kappa shape index (κ2) is 13.9. The van der Waals surface area contributed by atoms with Crippen molar-refractivity contribution < 1.29 is 36.7 Å². The van der Waals surface area contributed by atoms with Crippen molar-refractivity contribution in [3.05, 3.63) is 63.9 Å². The van der Waals surface area contributed by atoms with Crippen LogP contribution in [0.3, 0.4) is 0 Å². The number of alkyl carbamates (subject to hydrolysis) is 1. The number of likely N-dealkylation sites (N-methyl/N-ethyl adjacent to an activating group) is 1. The summed E-state index contributed by atoms with van der Waals surface area (Å²) in [5.74, 6) is -1.75. The number of carbonyl (C=O) groups excluding carboxylic acids is 3. The number of hydrogen-bond acceptors (Lipinski definition) is 7. The quantitative estimate of drug-likeness (QED) is 0.223. The molecule has 1 atom stereocenters. The van der Waals surface area contributed by atoms with E-state index in [1.54, 1.807) is 27.1 Å². The van der Waals surface area contributed by atoms with E-state index < -0.39 is 48.4 Å². The molecule has 0 aliphatic heterocycles. The first kappa shape index (κ1) is 32.8. The van der Waals surface area contributed by atoms with Gasteiger partial charge in [-0.1, -0.05) is 6.08 Å². The minimum atomic E-state index is -4.44. The van der Waals surface area contributed by atoms with E-state index in [9.17, 15) is 36.7 Å². The number of H-pyrrole nitrogens is 1. The first-order valence-electron chi connectivity index (χ1n) is 13.0. The summed E-state index contributed by atoms with van der Waals surface area (Å²) in [4.78, 5) is 62.0. The second-order valence-electron chi connectivity index (χ2n) is 9.74. The lowest BCUT2D eigenvalue weighted by Gasteiger charge is -2.18. The van der Waals surface area contributed by atoms with Crippen LogP contribution in [0.25, 0.3) is 11.0 Å². The lowest BCUT2D eigenvalue weighted by Crippen LogP contribution is -2.44. The number of pyridine rings is 2. The molecule has 0 fully saturated rings. The van der Waals surface area contributed by atoms with E-state index in [-0.39, 0.29) is 53.5 Å². The number of aromatic amines is 1. The third kappa shape index (κ3) is 8.86. The van der Waals surface area contributed by atoms with Gasteiger partial charge in [0.15, 0.2) is 5.82 Å². The number of ether oxygens (including phenoxy) is 1. The molecule has 0 aliphatic carbocycles. The highest BCUT2D eigenvalue weighted by Gasteiger charge is 2.28. The largest absolute Gasteiger partial charge is 0.453 e. The molecule has 3 N–H and O–H groups in total. The Hall–Kier alpha value is -4.76. The van der Waals surface area contributed by atoms with Crippen molar-refractivity contribution >= 4 is 34.6 Å². The first-order valence-corrected chi connectivity index (χ1v) is 13.0. The highest BCUT2D eigenvalue weighted by molar-refractivity contribution is 5.96. The van der Waals surface area contributed by atoms with E-state index in [0.29, 0.717) is 5.69 Å². The Morgan fingerprint density at radius 3 is 2.60 bits per heavy atom. The summed E-state index contributed by atoms with van der Waals surface area (Å²) in [7, 11) is 4.28. The van der Waals surface area contributed by atoms with Crippen molar-refractivity contribution in [2.45, 2.75) is 51.4 Å². The molecule has 3 aromatic heterocycles. The average Bonchev–Trinajstić information content (AvgIpc) is 3.37. The molecular weight excluding hydrogens is 578 g/mol. The van der Waals surface area contributed by atoms with Crippen LogP contribution >= 0.6 is 0 Å². The molecule has 3 amide bonds. The number of rotatable bonds is 11. The summed E-state index contributed by atoms with van der Waals surface area (Å²) >= 11 is 0. The van der Waals surface area contributed by atoms with Crippen LogP contribution in [0.2, 0.25) is 0 Å². The van der Waals surface area contributed by atoms with Crippen LogP contribution in [0.1, 0.15) is 36.5 Å². The molecule has 3 aromatic rings. The SMILES string of the molecule is COC(=O)NC(CC/C=C/C(=O)N(C)C)C(=O)Nc1ccc(C)n(Cc2nc3c(F)cnc(CCC(F)(F)F)c3[nH]2)c1=O. The highest BCUT2D eigenvalue weighted by atomic mass is 19.4. The first-order chi connectivity index (χ1) is 20.2. The molecule has 12 nitrogen and oxygen atoms in total. The summed E-state index contributed by atoms with van der Waals surface area (Å²) in [6.07, 6.45) is -3.00. The van der Waals surface area contributed by atoms with Crippen LogP contribution in [0.4, 0.5) is 28.0 Å². The van der Waals surface area contributed by atoms with Crippen LogP contribution in [-0.2, 0) is 27.3 Å². The number of hydrogen-bond donors (Lipinski definition) is 3. The Morgan fingerprint density at radius 1 is 1.23 bits per heavy atom. The van der Waals surface area contributed by atoms with Gasteiger partial charge in [-0.2, -0.15) is 13.2 Å². The van der Waals surface area contributed by atoms with Crippen LogP contribution in [-0.4, -0.2) is 75.7 Å². The molecule has 0 radical (unpaired) electrons. The number of nitrogens with one attached hydrogen (secondary N) is 3. The number of amides is 3. The predicted octanol–water partition coefficient (Wildman–Crippen LogP) is 3.20. The Balaban J connectivity index is 1.83. The summed E-state index contributed by atoms with van der Waals surface area (Å²) in [6.45, 7) is 1.38. The van der Waals surface area contributed by atoms with Gasteiger partial charge in [0.1, 0.15) is 23.1 Å². The van der Waals surface area contributed by atoms with E-state index in [1.807, 2.05) is 0 Å². The van der Waals surface area contributed by atoms with Gasteiger partial charge in [0.05, 0.1) is 31.1 Å². The molecule has 232 valence electrons. The van der Waals surface area contributed by atoms with Crippen molar-refractivity contribution in [2.24, 2.45) is 0 Å². The summed E-state index contributed by atoms with van der Waals surface area (Å²) in [5.41, 5.74) is -0.594. The third-order valence-corrected chi connectivity index (χ3v) is 6.32. The van der Waals surface area contributed by atoms with Crippen LogP contribution < -0.4 is 16.2 Å². The van der Waals surface area contributed by atoms with Crippen molar-refractivity contribution in [1.29, 1.82) is 0 Å². The molecule has 0 aliphatic rings. The number of carbonyl (C=O) groups is 3. The third-order valence-electron chi connectivity index (χ3n) is 6.32. The lowest BCUT2D eigenvalue weighted by atomic mass is 10.1. The topological polar surface area (TPSA) is 151 Å². The maximum atomic E-state index is 14.4. The zero-order valence-electron chi connectivity index (χ0n) is 23.8. The van der Waals surface area contributed by atoms with E-state index in [1.165, 1.54) is 27.7 Å². The molecule has 0 saturated heterocycles. The monoisotopic (exact) mass is 609 g/mol. The van der Waals surface area contributed by atoms with E-state index >= 15 is 0 Å². The van der Waals surface area contributed by atoms with Gasteiger partial charge in [-0.25, -0.2) is 14.2 Å². The van der Waals surface area contributed by atoms with Crippen molar-refractivity contribution in [3.8, 4) is 0 Å². The number of imidazole rings is 1. The number of anilines is 1. The standard InChI is InChI=1S/C27H31F4N7O5/c1-15-9-10-19(33-24(40)18(34-26(42)43-4)7-5-6-8-21(39)37(2)3)25(41)38(15)14-20-35-22-16(28)13-32-17(23(22)36-20)11-12-27(29,30)31/h6,8-10,13,18H,5,7,11-12,14H2,1-4H3,(H,33,40)(H,34,42)(H,35,36)/b8-6+. The molecule has 0 saturated carbocycles. The Kier molecular flexibility index (Phi) is 10.6. The molecule has 16 heteroatoms. The lowest BCUT2D eigenvalue weighted by molar-refractivity contribution is -0.134. The van der Waals surface area contributed by atoms with Crippen molar-refractivity contribution in [1.82, 2.24) is 29.7 Å². The maximum absolute atomic E-state index is 14.4. The highest BCUT2D eigenvalue weighted by Crippen LogP contribution is 2.25. The van der Waals surface area contributed by atoms with Crippen LogP contribution in [0, 0.1) is 12.7 Å². The van der Waals surface area contributed by atoms with Crippen molar-refractivity contribution in [3.63, 3.8) is 0 Å². The molecular formula is C27H31F4N7O5. The number of halogens is 4. The van der Waals surface area contributed by atoms with E-state index in [0.717, 1.165) is 13.3 Å². The number of aromatic nitrogens is 4. The molecule has 0 spiro atoms. The number of fused-ring (bicyclic) bond motifs is 1. The van der Waals surface area contributed by atoms with Crippen LogP contribution in [0.15, 0.2) is 35.3 Å². The molecule has 43 heavy (non-hydrogen) atoms. The normalized spacial score (nSPS) is 12.4. The maximum Gasteiger partial charge on any atom is 0.407 e. The zero-order chi connectivity index (χ0) is 31.9. The predicted molar refractivity (Wildman–Crippen MR) is 148 cm³/mol. The van der Waals surface area contributed by atoms with Gasteiger partial charge in [-0.3, -0.25) is 19.4 Å². The Morgan fingerprint density at radius 2 is 1.95 bits per heavy atom. The smallest absolute Gasteiger partial charge is 0.407 e. The number of allylic oxidation sites excluding steroid dienone is 1. The average molecular weight is 610 g/mol. The zero-order valence-corrected chi connectivity index (χ0v) is 23.8. The minimum Gasteiger partial charge on any atom is -0.453 e. The fourth-order valence-electron chi connectivity index (χ4n) is 3.99. The van der Waals surface area contributed by atoms with Gasteiger partial charge in [-0.05, 0) is 38.0 Å². The van der Waals surface area contributed by atoms with Gasteiger partial charge in [0.2, 0.25) is 11.8 Å². The number of alkyl halides is 3. The number of methoxy groups -OCH3 is 1. The van der Waals surface area contributed by atoms with Gasteiger partial charge >= 0.3 is 12.3 Å². The Labute approximate surface area is 243 Å². The molecule has 3 rings (SSSR count). The summed E-state index contributed by atoms with van der Waals surface area (Å²) in [5, 5.41) is 4.88. The van der Waals surface area contributed by atoms with Crippen LogP contribution in [0.5, 0.6) is 0 Å². The van der Waals surface area contributed by atoms with Gasteiger partial charge in [0, 0.05) is 32.6 Å². The van der Waals surface area contributed by atoms with E-state index in [4.69, 9.17) is 0 Å². The molecule has 3 heterocycles. The van der Waals surface area contributed by atoms with Gasteiger partial charge in [-0.15, -0.1) is 0 Å². The summed E-state index contributed by atoms with van der Waals surface area (Å²) < 4.78 is 58.5. The Bertz CT molecular complexity index is 1580. The van der Waals surface area contributed by atoms with Gasteiger partial charge < -0.3 is 29.8 Å². The van der Waals surface area contributed by atoms with Gasteiger partial charge in [0.25, 0.3) is 5.56 Å². The van der Waals surface area contributed by atoms with Crippen molar-refractivity contribution in [2.75, 3.05) is 26.5 Å². The van der Waals surface area contributed by atoms with E-state index in [2.05, 4.69) is 30.3 Å². The fraction of sp³-hybridized carbons (Fsp3) is 0.407. The number of aryl methyl sites for hydroxylation is 2. The molecule has 0 bridgehead atoms. The second-order valence-corrected chi connectivity index (χ2v) is 9.74. The molecule has 0 aromatic carbocycles. The fourth-order valence-corrected chi connectivity index (χ4v) is 3.99.